The van der Waals surface area contributed by atoms with Gasteiger partial charge in [-0.15, -0.1) is 22.7 Å². The first kappa shape index (κ1) is 18.4. The van der Waals surface area contributed by atoms with Gasteiger partial charge in [0.2, 0.25) is 5.91 Å². The van der Waals surface area contributed by atoms with Crippen LogP contribution in [0.3, 0.4) is 0 Å². The molecule has 0 radical (unpaired) electrons. The standard InChI is InChI=1S/C17H20ClN3O2S2/c1-2-15(22)19-8-12-10-24-16(20-12)11-4-3-7-21(9-11)17(23)13-5-6-14(18)25-13/h5-6,10-11H,2-4,7-9H2,1H3,(H,19,22). The topological polar surface area (TPSA) is 62.3 Å². The van der Waals surface area contributed by atoms with Crippen molar-refractivity contribution in [1.29, 1.82) is 0 Å². The fourth-order valence-electron chi connectivity index (χ4n) is 2.85. The summed E-state index contributed by atoms with van der Waals surface area (Å²) in [4.78, 5) is 31.2. The van der Waals surface area contributed by atoms with Crippen LogP contribution in [0.2, 0.25) is 4.34 Å². The maximum atomic E-state index is 12.6. The van der Waals surface area contributed by atoms with Gasteiger partial charge in [0, 0.05) is 30.8 Å². The van der Waals surface area contributed by atoms with Gasteiger partial charge < -0.3 is 10.2 Å². The molecule has 134 valence electrons. The first-order valence-corrected chi connectivity index (χ1v) is 10.4. The lowest BCUT2D eigenvalue weighted by Crippen LogP contribution is -2.38. The van der Waals surface area contributed by atoms with E-state index in [0.29, 0.717) is 28.7 Å². The number of nitrogens with zero attached hydrogens (tertiary/aromatic N) is 2. The molecule has 0 aliphatic carbocycles. The summed E-state index contributed by atoms with van der Waals surface area (Å²) >= 11 is 8.88. The van der Waals surface area contributed by atoms with Crippen LogP contribution >= 0.6 is 34.3 Å². The second-order valence-corrected chi connectivity index (χ2v) is 8.61. The molecule has 2 aromatic rings. The summed E-state index contributed by atoms with van der Waals surface area (Å²) in [5, 5.41) is 5.88. The Labute approximate surface area is 160 Å². The lowest BCUT2D eigenvalue weighted by atomic mass is 9.98. The smallest absolute Gasteiger partial charge is 0.263 e. The molecular formula is C17H20ClN3O2S2. The van der Waals surface area contributed by atoms with Gasteiger partial charge in [-0.2, -0.15) is 0 Å². The molecule has 0 bridgehead atoms. The SMILES string of the molecule is CCC(=O)NCc1csc(C2CCCN(C(=O)c3ccc(Cl)s3)C2)n1. The van der Waals surface area contributed by atoms with E-state index in [-0.39, 0.29) is 17.7 Å². The lowest BCUT2D eigenvalue weighted by Gasteiger charge is -2.31. The number of likely N-dealkylation sites (tertiary alicyclic amines) is 1. The van der Waals surface area contributed by atoms with Gasteiger partial charge in [-0.25, -0.2) is 4.98 Å². The monoisotopic (exact) mass is 397 g/mol. The van der Waals surface area contributed by atoms with Crippen molar-refractivity contribution >= 4 is 46.1 Å². The molecule has 2 amide bonds. The quantitative estimate of drug-likeness (QED) is 0.832. The Kier molecular flexibility index (Phi) is 6.09. The van der Waals surface area contributed by atoms with Gasteiger partial charge in [0.25, 0.3) is 5.91 Å². The predicted molar refractivity (Wildman–Crippen MR) is 101 cm³/mol. The number of thiazole rings is 1. The molecule has 1 fully saturated rings. The number of nitrogens with one attached hydrogen (secondary N) is 1. The molecule has 3 heterocycles. The summed E-state index contributed by atoms with van der Waals surface area (Å²) in [6, 6.07) is 3.55. The predicted octanol–water partition coefficient (Wildman–Crippen LogP) is 3.90. The van der Waals surface area contributed by atoms with E-state index in [9.17, 15) is 9.59 Å². The number of halogens is 1. The molecule has 1 saturated heterocycles. The number of rotatable bonds is 5. The van der Waals surface area contributed by atoms with Gasteiger partial charge in [0.05, 0.1) is 26.5 Å². The minimum atomic E-state index is 0.0265. The van der Waals surface area contributed by atoms with Crippen LogP contribution in [0.25, 0.3) is 0 Å². The van der Waals surface area contributed by atoms with E-state index >= 15 is 0 Å². The van der Waals surface area contributed by atoms with Gasteiger partial charge in [0.15, 0.2) is 0 Å². The van der Waals surface area contributed by atoms with Crippen molar-refractivity contribution in [1.82, 2.24) is 15.2 Å². The van der Waals surface area contributed by atoms with Crippen molar-refractivity contribution in [2.45, 2.75) is 38.6 Å². The maximum Gasteiger partial charge on any atom is 0.263 e. The van der Waals surface area contributed by atoms with Gasteiger partial charge >= 0.3 is 0 Å². The Morgan fingerprint density at radius 1 is 1.44 bits per heavy atom. The molecule has 1 aliphatic heterocycles. The number of piperidine rings is 1. The third-order valence-corrected chi connectivity index (χ3v) is 6.47. The van der Waals surface area contributed by atoms with Crippen molar-refractivity contribution in [3.63, 3.8) is 0 Å². The molecule has 0 aromatic carbocycles. The van der Waals surface area contributed by atoms with Crippen LogP contribution in [-0.4, -0.2) is 34.8 Å². The minimum Gasteiger partial charge on any atom is -0.350 e. The highest BCUT2D eigenvalue weighted by atomic mass is 35.5. The van der Waals surface area contributed by atoms with Crippen LogP contribution in [0.15, 0.2) is 17.5 Å². The van der Waals surface area contributed by atoms with Crippen molar-refractivity contribution in [2.24, 2.45) is 0 Å². The fourth-order valence-corrected chi connectivity index (χ4v) is 4.81. The molecule has 25 heavy (non-hydrogen) atoms. The van der Waals surface area contributed by atoms with Crippen LogP contribution in [0, 0.1) is 0 Å². The molecule has 3 rings (SSSR count). The number of hydrogen-bond donors (Lipinski definition) is 1. The van der Waals surface area contributed by atoms with E-state index in [2.05, 4.69) is 10.3 Å². The minimum absolute atomic E-state index is 0.0265. The summed E-state index contributed by atoms with van der Waals surface area (Å²) in [5.41, 5.74) is 0.885. The fraction of sp³-hybridized carbons (Fsp3) is 0.471. The Hall–Kier alpha value is -1.44. The Morgan fingerprint density at radius 3 is 3.00 bits per heavy atom. The van der Waals surface area contributed by atoms with E-state index in [1.165, 1.54) is 11.3 Å². The summed E-state index contributed by atoms with van der Waals surface area (Å²) in [6.45, 7) is 3.75. The molecule has 1 N–H and O–H groups in total. The molecule has 8 heteroatoms. The van der Waals surface area contributed by atoms with Crippen molar-refractivity contribution in [3.8, 4) is 0 Å². The van der Waals surface area contributed by atoms with Crippen molar-refractivity contribution in [2.75, 3.05) is 13.1 Å². The third kappa shape index (κ3) is 4.59. The number of thiophene rings is 1. The molecule has 1 unspecified atom stereocenters. The molecular weight excluding hydrogens is 378 g/mol. The number of amides is 2. The third-order valence-electron chi connectivity index (χ3n) is 4.20. The van der Waals surface area contributed by atoms with Crippen molar-refractivity contribution in [3.05, 3.63) is 37.4 Å². The highest BCUT2D eigenvalue weighted by Crippen LogP contribution is 2.31. The molecule has 5 nitrogen and oxygen atoms in total. The molecule has 1 atom stereocenters. The Bertz CT molecular complexity index is 759. The van der Waals surface area contributed by atoms with Crippen LogP contribution in [0.5, 0.6) is 0 Å². The first-order chi connectivity index (χ1) is 12.1. The Balaban J connectivity index is 1.62. The van der Waals surface area contributed by atoms with Crippen LogP contribution < -0.4 is 5.32 Å². The van der Waals surface area contributed by atoms with E-state index in [1.54, 1.807) is 23.5 Å². The number of carbonyl (C=O) groups excluding carboxylic acids is 2. The van der Waals surface area contributed by atoms with Gasteiger partial charge in [-0.05, 0) is 25.0 Å². The zero-order chi connectivity index (χ0) is 17.8. The van der Waals surface area contributed by atoms with E-state index < -0.39 is 0 Å². The Morgan fingerprint density at radius 2 is 2.28 bits per heavy atom. The average Bonchev–Trinajstić information content (AvgIpc) is 3.28. The largest absolute Gasteiger partial charge is 0.350 e. The lowest BCUT2D eigenvalue weighted by molar-refractivity contribution is -0.120. The molecule has 0 spiro atoms. The number of aromatic nitrogens is 1. The van der Waals surface area contributed by atoms with Gasteiger partial charge in [0.1, 0.15) is 0 Å². The number of carbonyl (C=O) groups is 2. The second kappa shape index (κ2) is 8.29. The van der Waals surface area contributed by atoms with Crippen LogP contribution in [-0.2, 0) is 11.3 Å². The molecule has 0 saturated carbocycles. The zero-order valence-corrected chi connectivity index (χ0v) is 16.3. The normalized spacial score (nSPS) is 17.5. The maximum absolute atomic E-state index is 12.6. The second-order valence-electron chi connectivity index (χ2n) is 6.00. The van der Waals surface area contributed by atoms with E-state index in [1.807, 2.05) is 17.2 Å². The van der Waals surface area contributed by atoms with E-state index in [0.717, 1.165) is 30.1 Å². The summed E-state index contributed by atoms with van der Waals surface area (Å²) < 4.78 is 0.635. The van der Waals surface area contributed by atoms with Crippen LogP contribution in [0.4, 0.5) is 0 Å². The summed E-state index contributed by atoms with van der Waals surface area (Å²) in [5.74, 6) is 0.334. The van der Waals surface area contributed by atoms with Gasteiger partial charge in [-0.1, -0.05) is 18.5 Å². The van der Waals surface area contributed by atoms with E-state index in [4.69, 9.17) is 11.6 Å². The summed E-state index contributed by atoms with van der Waals surface area (Å²) in [7, 11) is 0. The molecule has 2 aromatic heterocycles. The number of hydrogen-bond acceptors (Lipinski definition) is 5. The zero-order valence-electron chi connectivity index (χ0n) is 14.0. The van der Waals surface area contributed by atoms with Gasteiger partial charge in [-0.3, -0.25) is 9.59 Å². The molecule has 1 aliphatic rings. The average molecular weight is 398 g/mol. The summed E-state index contributed by atoms with van der Waals surface area (Å²) in [6.07, 6.45) is 2.48. The van der Waals surface area contributed by atoms with Crippen molar-refractivity contribution < 1.29 is 9.59 Å². The first-order valence-electron chi connectivity index (χ1n) is 8.32. The highest BCUT2D eigenvalue weighted by Gasteiger charge is 2.28. The highest BCUT2D eigenvalue weighted by molar-refractivity contribution is 7.18. The van der Waals surface area contributed by atoms with Crippen LogP contribution in [0.1, 0.15) is 52.5 Å².